The maximum absolute atomic E-state index is 15.7. The summed E-state index contributed by atoms with van der Waals surface area (Å²) in [7, 11) is 0. The lowest BCUT2D eigenvalue weighted by Gasteiger charge is -2.41. The molecule has 0 radical (unpaired) electrons. The molecule has 1 heterocycles. The summed E-state index contributed by atoms with van der Waals surface area (Å²) in [6, 6.07) is 24.1. The summed E-state index contributed by atoms with van der Waals surface area (Å²) in [5.74, 6) is -2.31. The van der Waals surface area contributed by atoms with Crippen molar-refractivity contribution in [1.82, 2.24) is 0 Å². The van der Waals surface area contributed by atoms with Gasteiger partial charge >= 0.3 is 17.9 Å². The molecule has 1 saturated heterocycles. The lowest BCUT2D eigenvalue weighted by atomic mass is 9.99. The average molecular weight is 493 g/mol. The summed E-state index contributed by atoms with van der Waals surface area (Å²) in [5, 5.41) is 0. The van der Waals surface area contributed by atoms with E-state index in [1.165, 1.54) is 24.3 Å². The summed E-state index contributed by atoms with van der Waals surface area (Å²) in [6.45, 7) is -0.499. The molecule has 1 fully saturated rings. The number of hydrogen-bond donors (Lipinski definition) is 1. The minimum absolute atomic E-state index is 0.171. The predicted molar refractivity (Wildman–Crippen MR) is 126 cm³/mol. The second-order valence-electron chi connectivity index (χ2n) is 8.02. The zero-order valence-electron chi connectivity index (χ0n) is 19.1. The van der Waals surface area contributed by atoms with Crippen LogP contribution in [0.25, 0.3) is 0 Å². The first kappa shape index (κ1) is 25.0. The van der Waals surface area contributed by atoms with Gasteiger partial charge in [-0.2, -0.15) is 0 Å². The first-order valence-electron chi connectivity index (χ1n) is 11.2. The Labute approximate surface area is 206 Å². The number of halogens is 1. The molecule has 2 N–H and O–H groups in total. The number of esters is 3. The number of carbonyl (C=O) groups is 3. The van der Waals surface area contributed by atoms with E-state index in [0.29, 0.717) is 0 Å². The van der Waals surface area contributed by atoms with E-state index in [0.717, 1.165) is 0 Å². The van der Waals surface area contributed by atoms with Crippen LogP contribution in [0.4, 0.5) is 4.39 Å². The molecule has 0 saturated carbocycles. The largest absolute Gasteiger partial charge is 0.459 e. The Morgan fingerprint density at radius 2 is 1.11 bits per heavy atom. The first-order chi connectivity index (χ1) is 17.4. The van der Waals surface area contributed by atoms with Crippen LogP contribution >= 0.6 is 0 Å². The van der Waals surface area contributed by atoms with E-state index in [1.807, 2.05) is 0 Å². The van der Waals surface area contributed by atoms with Crippen LogP contribution in [-0.4, -0.2) is 55.2 Å². The summed E-state index contributed by atoms with van der Waals surface area (Å²) in [6.07, 6.45) is -7.82. The molecule has 0 unspecified atom stereocenters. The van der Waals surface area contributed by atoms with Crippen molar-refractivity contribution in [2.24, 2.45) is 5.73 Å². The molecule has 0 amide bonds. The Kier molecular flexibility index (Phi) is 8.04. The van der Waals surface area contributed by atoms with Gasteiger partial charge in [-0.15, -0.1) is 0 Å². The normalized spacial score (nSPS) is 23.3. The van der Waals surface area contributed by atoms with Crippen molar-refractivity contribution in [3.63, 3.8) is 0 Å². The molecule has 0 bridgehead atoms. The third kappa shape index (κ3) is 5.94. The fourth-order valence-electron chi connectivity index (χ4n) is 3.68. The van der Waals surface area contributed by atoms with Crippen LogP contribution in [0.15, 0.2) is 91.0 Å². The molecule has 9 heteroatoms. The van der Waals surface area contributed by atoms with Gasteiger partial charge in [-0.25, -0.2) is 18.8 Å². The molecule has 5 atom stereocenters. The highest BCUT2D eigenvalue weighted by Gasteiger charge is 2.50. The van der Waals surface area contributed by atoms with E-state index in [1.54, 1.807) is 66.7 Å². The molecule has 3 aromatic rings. The van der Waals surface area contributed by atoms with Crippen LogP contribution < -0.4 is 5.73 Å². The van der Waals surface area contributed by atoms with Crippen LogP contribution in [0.3, 0.4) is 0 Å². The second kappa shape index (κ2) is 11.6. The van der Waals surface area contributed by atoms with E-state index >= 15 is 4.39 Å². The Balaban J connectivity index is 1.52. The maximum Gasteiger partial charge on any atom is 0.338 e. The topological polar surface area (TPSA) is 114 Å². The van der Waals surface area contributed by atoms with Gasteiger partial charge in [0.2, 0.25) is 0 Å². The van der Waals surface area contributed by atoms with Gasteiger partial charge in [-0.05, 0) is 36.4 Å². The van der Waals surface area contributed by atoms with Gasteiger partial charge in [-0.3, -0.25) is 0 Å². The van der Waals surface area contributed by atoms with Crippen molar-refractivity contribution in [3.8, 4) is 0 Å². The van der Waals surface area contributed by atoms with E-state index in [9.17, 15) is 14.4 Å². The highest BCUT2D eigenvalue weighted by molar-refractivity contribution is 5.90. The number of alkyl halides is 1. The van der Waals surface area contributed by atoms with Gasteiger partial charge in [0, 0.05) is 0 Å². The van der Waals surface area contributed by atoms with Gasteiger partial charge in [0.1, 0.15) is 18.9 Å². The summed E-state index contributed by atoms with van der Waals surface area (Å²) < 4.78 is 37.3. The number of benzene rings is 3. The first-order valence-corrected chi connectivity index (χ1v) is 11.2. The highest BCUT2D eigenvalue weighted by Crippen LogP contribution is 2.28. The smallest absolute Gasteiger partial charge is 0.338 e. The lowest BCUT2D eigenvalue weighted by molar-refractivity contribution is -0.210. The van der Waals surface area contributed by atoms with Crippen LogP contribution in [0.1, 0.15) is 31.1 Å². The average Bonchev–Trinajstić information content (AvgIpc) is 2.92. The van der Waals surface area contributed by atoms with Gasteiger partial charge in [-0.1, -0.05) is 54.6 Å². The summed E-state index contributed by atoms with van der Waals surface area (Å²) >= 11 is 0. The molecule has 8 nitrogen and oxygen atoms in total. The van der Waals surface area contributed by atoms with Gasteiger partial charge in [0.15, 0.2) is 18.4 Å². The van der Waals surface area contributed by atoms with Crippen molar-refractivity contribution in [1.29, 1.82) is 0 Å². The molecule has 36 heavy (non-hydrogen) atoms. The van der Waals surface area contributed by atoms with E-state index < -0.39 is 55.2 Å². The van der Waals surface area contributed by atoms with E-state index in [4.69, 9.17) is 24.7 Å². The molecular weight excluding hydrogens is 469 g/mol. The van der Waals surface area contributed by atoms with E-state index in [-0.39, 0.29) is 16.7 Å². The predicted octanol–water partition coefficient (Wildman–Crippen LogP) is 3.32. The fourth-order valence-corrected chi connectivity index (χ4v) is 3.68. The Bertz CT molecular complexity index is 1180. The number of hydrogen-bond acceptors (Lipinski definition) is 8. The third-order valence-electron chi connectivity index (χ3n) is 5.54. The number of rotatable bonds is 7. The lowest BCUT2D eigenvalue weighted by Crippen LogP contribution is -2.62. The molecule has 0 spiro atoms. The molecule has 186 valence electrons. The van der Waals surface area contributed by atoms with Gasteiger partial charge in [0.25, 0.3) is 0 Å². The monoisotopic (exact) mass is 493 g/mol. The standard InChI is InChI=1S/C27H24FNO7/c28-21-20(16-33-25(30)17-10-4-1-5-11-17)34-24(29)23(36-27(32)19-14-8-3-9-15-19)22(21)35-26(31)18-12-6-2-7-13-18/h1-15,20-24H,16,29H2/t20-,21-,22+,23-,24-/m1/s1. The number of nitrogens with two attached hydrogens (primary N) is 1. The summed E-state index contributed by atoms with van der Waals surface area (Å²) in [4.78, 5) is 37.7. The molecule has 4 rings (SSSR count). The van der Waals surface area contributed by atoms with Gasteiger partial charge in [0.05, 0.1) is 16.7 Å². The minimum atomic E-state index is -2.02. The van der Waals surface area contributed by atoms with Crippen LogP contribution in [0, 0.1) is 0 Å². The van der Waals surface area contributed by atoms with Crippen LogP contribution in [0.5, 0.6) is 0 Å². The maximum atomic E-state index is 15.7. The molecule has 1 aliphatic heterocycles. The quantitative estimate of drug-likeness (QED) is 0.394. The SMILES string of the molecule is N[C@@H]1O[C@H](COC(=O)c2ccccc2)[C@@H](F)[C@H](OC(=O)c2ccccc2)[C@H]1OC(=O)c1ccccc1. The zero-order chi connectivity index (χ0) is 25.5. The number of ether oxygens (including phenoxy) is 4. The molecular formula is C27H24FNO7. The molecule has 3 aromatic carbocycles. The third-order valence-corrected chi connectivity index (χ3v) is 5.54. The van der Waals surface area contributed by atoms with Crippen molar-refractivity contribution in [3.05, 3.63) is 108 Å². The van der Waals surface area contributed by atoms with Crippen molar-refractivity contribution in [2.45, 2.75) is 30.7 Å². The zero-order valence-corrected chi connectivity index (χ0v) is 19.1. The van der Waals surface area contributed by atoms with Crippen molar-refractivity contribution >= 4 is 17.9 Å². The van der Waals surface area contributed by atoms with Crippen molar-refractivity contribution in [2.75, 3.05) is 6.61 Å². The summed E-state index contributed by atoms with van der Waals surface area (Å²) in [5.41, 5.74) is 6.73. The van der Waals surface area contributed by atoms with Crippen LogP contribution in [-0.2, 0) is 18.9 Å². The minimum Gasteiger partial charge on any atom is -0.459 e. The van der Waals surface area contributed by atoms with Crippen molar-refractivity contribution < 1.29 is 37.7 Å². The Morgan fingerprint density at radius 1 is 0.694 bits per heavy atom. The fraction of sp³-hybridized carbons (Fsp3) is 0.222. The second-order valence-corrected chi connectivity index (χ2v) is 8.02. The highest BCUT2D eigenvalue weighted by atomic mass is 19.1. The number of carbonyl (C=O) groups excluding carboxylic acids is 3. The Morgan fingerprint density at radius 3 is 1.58 bits per heavy atom. The Hall–Kier alpha value is -4.08. The molecule has 0 aromatic heterocycles. The van der Waals surface area contributed by atoms with Gasteiger partial charge < -0.3 is 24.7 Å². The van der Waals surface area contributed by atoms with Crippen LogP contribution in [0.2, 0.25) is 0 Å². The molecule has 0 aliphatic carbocycles. The molecule has 1 aliphatic rings. The van der Waals surface area contributed by atoms with E-state index in [2.05, 4.69) is 0 Å².